The molecule has 200 valence electrons. The lowest BCUT2D eigenvalue weighted by molar-refractivity contribution is -0.385. The Labute approximate surface area is 221 Å². The number of benzene rings is 3. The summed E-state index contributed by atoms with van der Waals surface area (Å²) >= 11 is 0. The summed E-state index contributed by atoms with van der Waals surface area (Å²) in [5.74, 6) is -1.75. The van der Waals surface area contributed by atoms with Crippen molar-refractivity contribution in [3.63, 3.8) is 0 Å². The summed E-state index contributed by atoms with van der Waals surface area (Å²) in [5, 5.41) is 28.6. The lowest BCUT2D eigenvalue weighted by Crippen LogP contribution is -2.27. The summed E-state index contributed by atoms with van der Waals surface area (Å²) in [6.07, 6.45) is 1.07. The van der Waals surface area contributed by atoms with Crippen LogP contribution in [0.25, 0.3) is 0 Å². The summed E-state index contributed by atoms with van der Waals surface area (Å²) in [4.78, 5) is 57.8. The fraction of sp³-hybridized carbons (Fsp3) is 0.154. The number of hydrogen-bond donors (Lipinski definition) is 2. The van der Waals surface area contributed by atoms with Crippen LogP contribution >= 0.6 is 0 Å². The summed E-state index contributed by atoms with van der Waals surface area (Å²) in [6.45, 7) is 5.31. The average molecular weight is 533 g/mol. The van der Waals surface area contributed by atoms with Crippen molar-refractivity contribution in [1.82, 2.24) is 5.43 Å². The molecule has 3 aromatic carbocycles. The maximum absolute atomic E-state index is 12.5. The molecule has 0 radical (unpaired) electrons. The number of rotatable bonds is 8. The van der Waals surface area contributed by atoms with Gasteiger partial charge in [-0.15, -0.1) is 0 Å². The van der Waals surface area contributed by atoms with Crippen molar-refractivity contribution < 1.29 is 29.0 Å². The first-order valence-electron chi connectivity index (χ1n) is 11.3. The van der Waals surface area contributed by atoms with Crippen LogP contribution in [0.3, 0.4) is 0 Å². The zero-order valence-electron chi connectivity index (χ0n) is 21.0. The molecule has 0 unspecified atom stereocenters. The van der Waals surface area contributed by atoms with E-state index >= 15 is 0 Å². The second-order valence-electron chi connectivity index (χ2n) is 9.15. The Bertz CT molecular complexity index is 1460. The Hall–Kier alpha value is -5.46. The van der Waals surface area contributed by atoms with Gasteiger partial charge >= 0.3 is 5.97 Å². The van der Waals surface area contributed by atoms with E-state index in [1.54, 1.807) is 32.9 Å². The number of carbonyl (C=O) groups excluding carboxylic acids is 3. The lowest BCUT2D eigenvalue weighted by atomic mass is 9.95. The van der Waals surface area contributed by atoms with Crippen LogP contribution < -0.4 is 15.5 Å². The van der Waals surface area contributed by atoms with Gasteiger partial charge in [0, 0.05) is 46.5 Å². The summed E-state index contributed by atoms with van der Waals surface area (Å²) in [7, 11) is 0. The van der Waals surface area contributed by atoms with Gasteiger partial charge in [-0.3, -0.25) is 29.8 Å². The second kappa shape index (κ2) is 11.7. The van der Waals surface area contributed by atoms with E-state index in [-0.39, 0.29) is 39.7 Å². The van der Waals surface area contributed by atoms with Crippen LogP contribution in [-0.4, -0.2) is 33.8 Å². The van der Waals surface area contributed by atoms with E-state index in [2.05, 4.69) is 15.8 Å². The number of nitro benzene ring substituents is 2. The molecule has 13 heteroatoms. The molecule has 0 aromatic heterocycles. The molecule has 0 fully saturated rings. The molecule has 0 aliphatic rings. The molecule has 0 saturated carbocycles. The highest BCUT2D eigenvalue weighted by molar-refractivity contribution is 5.98. The number of amides is 2. The van der Waals surface area contributed by atoms with Gasteiger partial charge < -0.3 is 10.1 Å². The minimum absolute atomic E-state index is 0.0114. The number of esters is 1. The van der Waals surface area contributed by atoms with Gasteiger partial charge in [0.1, 0.15) is 5.75 Å². The lowest BCUT2D eigenvalue weighted by Gasteiger charge is -2.17. The molecule has 0 atom stereocenters. The summed E-state index contributed by atoms with van der Waals surface area (Å²) in [6, 6.07) is 14.2. The number of nitrogens with one attached hydrogen (secondary N) is 2. The molecule has 0 saturated heterocycles. The SMILES string of the molecule is CC(C)(C)C(=O)Nc1ccc(C(=O)N/N=C/c2cc([N+](=O)[O-])ccc2OC(=O)c2ccc([N+](=O)[O-])cc2)cc1. The fourth-order valence-corrected chi connectivity index (χ4v) is 2.97. The zero-order chi connectivity index (χ0) is 28.7. The van der Waals surface area contributed by atoms with Gasteiger partial charge in [-0.1, -0.05) is 20.8 Å². The largest absolute Gasteiger partial charge is 0.422 e. The van der Waals surface area contributed by atoms with E-state index in [4.69, 9.17) is 4.74 Å². The maximum Gasteiger partial charge on any atom is 0.343 e. The standard InChI is InChI=1S/C26H23N5O8/c1-26(2,3)25(34)28-19-8-4-16(5-9-19)23(32)29-27-15-18-14-21(31(37)38)12-13-22(18)39-24(33)17-6-10-20(11-7-17)30(35)36/h4-15H,1-3H3,(H,28,34)(H,29,32)/b27-15+. The number of carbonyl (C=O) groups is 3. The molecule has 3 rings (SSSR count). The van der Waals surface area contributed by atoms with Crippen LogP contribution in [0.2, 0.25) is 0 Å². The number of hydrogen-bond acceptors (Lipinski definition) is 9. The molecular formula is C26H23N5O8. The second-order valence-corrected chi connectivity index (χ2v) is 9.15. The summed E-state index contributed by atoms with van der Waals surface area (Å²) < 4.78 is 5.31. The van der Waals surface area contributed by atoms with Crippen molar-refractivity contribution >= 4 is 41.1 Å². The van der Waals surface area contributed by atoms with Gasteiger partial charge in [-0.2, -0.15) is 5.10 Å². The topological polar surface area (TPSA) is 183 Å². The molecule has 3 aromatic rings. The Morgan fingerprint density at radius 3 is 1.97 bits per heavy atom. The van der Waals surface area contributed by atoms with Gasteiger partial charge in [0.2, 0.25) is 5.91 Å². The third kappa shape index (κ3) is 7.52. The van der Waals surface area contributed by atoms with E-state index < -0.39 is 27.1 Å². The number of anilines is 1. The third-order valence-corrected chi connectivity index (χ3v) is 5.18. The highest BCUT2D eigenvalue weighted by Gasteiger charge is 2.21. The Morgan fingerprint density at radius 2 is 1.41 bits per heavy atom. The molecule has 0 aliphatic heterocycles. The number of hydrazone groups is 1. The quantitative estimate of drug-likeness (QED) is 0.140. The molecular weight excluding hydrogens is 510 g/mol. The molecule has 0 heterocycles. The van der Waals surface area contributed by atoms with Gasteiger partial charge in [0.15, 0.2) is 0 Å². The highest BCUT2D eigenvalue weighted by atomic mass is 16.6. The molecule has 39 heavy (non-hydrogen) atoms. The predicted octanol–water partition coefficient (Wildman–Crippen LogP) is 4.47. The van der Waals surface area contributed by atoms with Crippen molar-refractivity contribution in [1.29, 1.82) is 0 Å². The van der Waals surface area contributed by atoms with E-state index in [0.29, 0.717) is 5.69 Å². The van der Waals surface area contributed by atoms with Gasteiger partial charge in [0.25, 0.3) is 17.3 Å². The fourth-order valence-electron chi connectivity index (χ4n) is 2.97. The summed E-state index contributed by atoms with van der Waals surface area (Å²) in [5.41, 5.74) is 1.92. The van der Waals surface area contributed by atoms with Crippen molar-refractivity contribution in [2.45, 2.75) is 20.8 Å². The monoisotopic (exact) mass is 533 g/mol. The van der Waals surface area contributed by atoms with Crippen LogP contribution in [0, 0.1) is 25.6 Å². The predicted molar refractivity (Wildman–Crippen MR) is 141 cm³/mol. The molecule has 13 nitrogen and oxygen atoms in total. The molecule has 2 N–H and O–H groups in total. The van der Waals surface area contributed by atoms with Gasteiger partial charge in [-0.05, 0) is 42.5 Å². The van der Waals surface area contributed by atoms with Gasteiger partial charge in [-0.25, -0.2) is 10.2 Å². The number of non-ortho nitro benzene ring substituents is 2. The molecule has 0 bridgehead atoms. The Balaban J connectivity index is 1.73. The smallest absolute Gasteiger partial charge is 0.343 e. The average Bonchev–Trinajstić information content (AvgIpc) is 2.89. The molecule has 0 spiro atoms. The first-order chi connectivity index (χ1) is 18.3. The van der Waals surface area contributed by atoms with Crippen LogP contribution in [0.1, 0.15) is 47.1 Å². The first kappa shape index (κ1) is 28.1. The molecule has 2 amide bonds. The molecule has 0 aliphatic carbocycles. The normalized spacial score (nSPS) is 11.1. The zero-order valence-corrected chi connectivity index (χ0v) is 21.0. The van der Waals surface area contributed by atoms with Crippen LogP contribution in [0.15, 0.2) is 71.8 Å². The van der Waals surface area contributed by atoms with Crippen molar-refractivity contribution in [3.05, 3.63) is 104 Å². The highest BCUT2D eigenvalue weighted by Crippen LogP contribution is 2.24. The van der Waals surface area contributed by atoms with Crippen LogP contribution in [0.4, 0.5) is 17.1 Å². The number of ether oxygens (including phenoxy) is 1. The minimum atomic E-state index is -0.865. The van der Waals surface area contributed by atoms with E-state index in [0.717, 1.165) is 30.5 Å². The van der Waals surface area contributed by atoms with E-state index in [1.807, 2.05) is 0 Å². The third-order valence-electron chi connectivity index (χ3n) is 5.18. The van der Waals surface area contributed by atoms with Gasteiger partial charge in [0.05, 0.1) is 21.6 Å². The number of nitro groups is 2. The minimum Gasteiger partial charge on any atom is -0.422 e. The Kier molecular flexibility index (Phi) is 8.45. The van der Waals surface area contributed by atoms with E-state index in [1.165, 1.54) is 30.3 Å². The van der Waals surface area contributed by atoms with Crippen molar-refractivity contribution in [2.75, 3.05) is 5.32 Å². The Morgan fingerprint density at radius 1 is 0.846 bits per heavy atom. The van der Waals surface area contributed by atoms with Crippen LogP contribution in [0.5, 0.6) is 5.75 Å². The van der Waals surface area contributed by atoms with Crippen molar-refractivity contribution in [2.24, 2.45) is 10.5 Å². The number of nitrogens with zero attached hydrogens (tertiary/aromatic N) is 3. The first-order valence-corrected chi connectivity index (χ1v) is 11.3. The van der Waals surface area contributed by atoms with Crippen molar-refractivity contribution in [3.8, 4) is 5.75 Å². The van der Waals surface area contributed by atoms with E-state index in [9.17, 15) is 34.6 Å². The van der Waals surface area contributed by atoms with Crippen LogP contribution in [-0.2, 0) is 4.79 Å². The maximum atomic E-state index is 12.5.